The third-order valence-corrected chi connectivity index (χ3v) is 3.66. The number of aryl methyl sites for hydroxylation is 1. The fourth-order valence-corrected chi connectivity index (χ4v) is 2.58. The molecule has 0 aliphatic carbocycles. The maximum Gasteiger partial charge on any atom is 0.0886 e. The minimum Gasteiger partial charge on any atom is -0.378 e. The molecule has 0 saturated carbocycles. The molecule has 1 fully saturated rings. The first kappa shape index (κ1) is 12.4. The second-order valence-corrected chi connectivity index (χ2v) is 5.11. The van der Waals surface area contributed by atoms with E-state index in [1.165, 1.54) is 0 Å². The highest BCUT2D eigenvalue weighted by Crippen LogP contribution is 2.28. The first-order valence-electron chi connectivity index (χ1n) is 6.71. The summed E-state index contributed by atoms with van der Waals surface area (Å²) in [6, 6.07) is 4.17. The van der Waals surface area contributed by atoms with Crippen molar-refractivity contribution in [3.63, 3.8) is 0 Å². The SMILES string of the molecule is CC(N)c1nc2ccn(C)c2cc1N1CCOCC1. The van der Waals surface area contributed by atoms with Crippen LogP contribution in [0.15, 0.2) is 18.3 Å². The first-order chi connectivity index (χ1) is 9.16. The van der Waals surface area contributed by atoms with E-state index in [0.717, 1.165) is 48.7 Å². The molecule has 0 spiro atoms. The summed E-state index contributed by atoms with van der Waals surface area (Å²) in [5, 5.41) is 0. The van der Waals surface area contributed by atoms with Crippen molar-refractivity contribution >= 4 is 16.7 Å². The minimum absolute atomic E-state index is 0.0672. The number of morpholine rings is 1. The number of hydrogen-bond acceptors (Lipinski definition) is 4. The van der Waals surface area contributed by atoms with Crippen molar-refractivity contribution in [2.75, 3.05) is 31.2 Å². The molecule has 19 heavy (non-hydrogen) atoms. The normalized spacial score (nSPS) is 17.9. The van der Waals surface area contributed by atoms with Gasteiger partial charge in [-0.05, 0) is 19.1 Å². The van der Waals surface area contributed by atoms with Crippen LogP contribution in [0.25, 0.3) is 11.0 Å². The Balaban J connectivity index is 2.13. The Kier molecular flexibility index (Phi) is 3.16. The number of anilines is 1. The molecular weight excluding hydrogens is 240 g/mol. The van der Waals surface area contributed by atoms with Crippen molar-refractivity contribution in [3.05, 3.63) is 24.0 Å². The van der Waals surface area contributed by atoms with Crippen LogP contribution in [0.4, 0.5) is 5.69 Å². The van der Waals surface area contributed by atoms with E-state index in [2.05, 4.69) is 15.5 Å². The summed E-state index contributed by atoms with van der Waals surface area (Å²) in [6.45, 7) is 5.32. The second kappa shape index (κ2) is 4.83. The highest BCUT2D eigenvalue weighted by atomic mass is 16.5. The van der Waals surface area contributed by atoms with Gasteiger partial charge in [-0.15, -0.1) is 0 Å². The number of pyridine rings is 1. The number of nitrogens with two attached hydrogens (primary N) is 1. The molecule has 1 saturated heterocycles. The molecule has 1 aliphatic heterocycles. The molecule has 1 unspecified atom stereocenters. The quantitative estimate of drug-likeness (QED) is 0.887. The fraction of sp³-hybridized carbons (Fsp3) is 0.500. The maximum atomic E-state index is 6.09. The Morgan fingerprint density at radius 2 is 2.11 bits per heavy atom. The molecule has 1 aliphatic rings. The van der Waals surface area contributed by atoms with Gasteiger partial charge in [-0.2, -0.15) is 0 Å². The summed E-state index contributed by atoms with van der Waals surface area (Å²) in [6.07, 6.45) is 2.03. The maximum absolute atomic E-state index is 6.09. The molecule has 3 rings (SSSR count). The van der Waals surface area contributed by atoms with E-state index in [0.29, 0.717) is 0 Å². The Hall–Kier alpha value is -1.59. The van der Waals surface area contributed by atoms with E-state index in [1.54, 1.807) is 0 Å². The Bertz CT molecular complexity index is 584. The number of rotatable bonds is 2. The predicted molar refractivity (Wildman–Crippen MR) is 76.3 cm³/mol. The van der Waals surface area contributed by atoms with Crippen LogP contribution in [0.5, 0.6) is 0 Å². The van der Waals surface area contributed by atoms with Crippen LogP contribution < -0.4 is 10.6 Å². The minimum atomic E-state index is -0.0672. The highest BCUT2D eigenvalue weighted by molar-refractivity contribution is 5.81. The molecule has 0 amide bonds. The number of nitrogens with zero attached hydrogens (tertiary/aromatic N) is 3. The zero-order chi connectivity index (χ0) is 13.4. The molecule has 0 aromatic carbocycles. The third kappa shape index (κ3) is 2.19. The van der Waals surface area contributed by atoms with Gasteiger partial charge in [0.05, 0.1) is 35.6 Å². The summed E-state index contributed by atoms with van der Waals surface area (Å²) in [4.78, 5) is 7.06. The summed E-state index contributed by atoms with van der Waals surface area (Å²) < 4.78 is 7.51. The standard InChI is InChI=1S/C14H20N4O/c1-10(15)14-13(18-5-7-19-8-6-18)9-12-11(16-14)3-4-17(12)2/h3-4,9-10H,5-8,15H2,1-2H3. The van der Waals surface area contributed by atoms with Crippen LogP contribution in [0.3, 0.4) is 0 Å². The van der Waals surface area contributed by atoms with Gasteiger partial charge in [-0.3, -0.25) is 0 Å². The van der Waals surface area contributed by atoms with E-state index in [1.807, 2.05) is 26.2 Å². The molecular formula is C14H20N4O. The largest absolute Gasteiger partial charge is 0.378 e. The summed E-state index contributed by atoms with van der Waals surface area (Å²) in [7, 11) is 2.04. The van der Waals surface area contributed by atoms with Crippen molar-refractivity contribution in [3.8, 4) is 0 Å². The lowest BCUT2D eigenvalue weighted by Gasteiger charge is -2.31. The van der Waals surface area contributed by atoms with Gasteiger partial charge in [0.25, 0.3) is 0 Å². The number of fused-ring (bicyclic) bond motifs is 1. The lowest BCUT2D eigenvalue weighted by Crippen LogP contribution is -2.37. The van der Waals surface area contributed by atoms with E-state index in [9.17, 15) is 0 Å². The van der Waals surface area contributed by atoms with Crippen LogP contribution in [-0.2, 0) is 11.8 Å². The number of hydrogen-bond donors (Lipinski definition) is 1. The molecule has 1 atom stereocenters. The molecule has 5 nitrogen and oxygen atoms in total. The predicted octanol–water partition coefficient (Wildman–Crippen LogP) is 1.43. The molecule has 5 heteroatoms. The van der Waals surface area contributed by atoms with Gasteiger partial charge in [0.1, 0.15) is 0 Å². The van der Waals surface area contributed by atoms with Gasteiger partial charge >= 0.3 is 0 Å². The van der Waals surface area contributed by atoms with Crippen molar-refractivity contribution in [2.24, 2.45) is 12.8 Å². The first-order valence-corrected chi connectivity index (χ1v) is 6.71. The number of aromatic nitrogens is 2. The molecule has 2 aromatic heterocycles. The van der Waals surface area contributed by atoms with E-state index in [-0.39, 0.29) is 6.04 Å². The summed E-state index contributed by atoms with van der Waals surface area (Å²) in [5.41, 5.74) is 10.4. The van der Waals surface area contributed by atoms with Gasteiger partial charge in [-0.1, -0.05) is 0 Å². The highest BCUT2D eigenvalue weighted by Gasteiger charge is 2.19. The Morgan fingerprint density at radius 1 is 1.37 bits per heavy atom. The number of ether oxygens (including phenoxy) is 1. The van der Waals surface area contributed by atoms with Crippen molar-refractivity contribution in [2.45, 2.75) is 13.0 Å². The lowest BCUT2D eigenvalue weighted by molar-refractivity contribution is 0.122. The molecule has 0 bridgehead atoms. The monoisotopic (exact) mass is 260 g/mol. The van der Waals surface area contributed by atoms with Crippen molar-refractivity contribution in [1.29, 1.82) is 0 Å². The van der Waals surface area contributed by atoms with Gasteiger partial charge in [0.2, 0.25) is 0 Å². The van der Waals surface area contributed by atoms with Crippen LogP contribution in [-0.4, -0.2) is 35.9 Å². The Morgan fingerprint density at radius 3 is 2.79 bits per heavy atom. The zero-order valence-corrected chi connectivity index (χ0v) is 11.5. The van der Waals surface area contributed by atoms with E-state index in [4.69, 9.17) is 15.5 Å². The van der Waals surface area contributed by atoms with Crippen LogP contribution in [0.2, 0.25) is 0 Å². The molecule has 2 aromatic rings. The topological polar surface area (TPSA) is 56.3 Å². The smallest absolute Gasteiger partial charge is 0.0886 e. The van der Waals surface area contributed by atoms with Gasteiger partial charge in [-0.25, -0.2) is 4.98 Å². The van der Waals surface area contributed by atoms with Crippen molar-refractivity contribution in [1.82, 2.24) is 9.55 Å². The van der Waals surface area contributed by atoms with Gasteiger partial charge in [0.15, 0.2) is 0 Å². The molecule has 2 N–H and O–H groups in total. The van der Waals surface area contributed by atoms with Crippen LogP contribution in [0, 0.1) is 0 Å². The Labute approximate surface area is 113 Å². The zero-order valence-electron chi connectivity index (χ0n) is 11.5. The third-order valence-electron chi connectivity index (χ3n) is 3.66. The van der Waals surface area contributed by atoms with Crippen molar-refractivity contribution < 1.29 is 4.74 Å². The lowest BCUT2D eigenvalue weighted by atomic mass is 10.1. The van der Waals surface area contributed by atoms with Crippen LogP contribution >= 0.6 is 0 Å². The molecule has 102 valence electrons. The van der Waals surface area contributed by atoms with E-state index >= 15 is 0 Å². The summed E-state index contributed by atoms with van der Waals surface area (Å²) >= 11 is 0. The molecule has 3 heterocycles. The average molecular weight is 260 g/mol. The average Bonchev–Trinajstić information content (AvgIpc) is 2.79. The van der Waals surface area contributed by atoms with Gasteiger partial charge < -0.3 is 19.9 Å². The second-order valence-electron chi connectivity index (χ2n) is 5.11. The fourth-order valence-electron chi connectivity index (χ4n) is 2.58. The van der Waals surface area contributed by atoms with Crippen LogP contribution in [0.1, 0.15) is 18.7 Å². The summed E-state index contributed by atoms with van der Waals surface area (Å²) in [5.74, 6) is 0. The molecule has 0 radical (unpaired) electrons. The van der Waals surface area contributed by atoms with E-state index < -0.39 is 0 Å². The van der Waals surface area contributed by atoms with Gasteiger partial charge in [0, 0.05) is 32.4 Å².